The number of methoxy groups -OCH3 is 2. The predicted molar refractivity (Wildman–Crippen MR) is 144 cm³/mol. The monoisotopic (exact) mass is 483 g/mol. The van der Waals surface area contributed by atoms with Crippen LogP contribution in [0.1, 0.15) is 57.4 Å². The minimum atomic E-state index is -0.332. The van der Waals surface area contributed by atoms with E-state index < -0.39 is 0 Å². The van der Waals surface area contributed by atoms with Gasteiger partial charge in [0, 0.05) is 11.8 Å². The molecule has 35 heavy (non-hydrogen) atoms. The maximum atomic E-state index is 13.3. The molecular formula is C28H41N3O4. The van der Waals surface area contributed by atoms with E-state index in [2.05, 4.69) is 13.8 Å². The van der Waals surface area contributed by atoms with Crippen molar-refractivity contribution >= 4 is 0 Å². The lowest BCUT2D eigenvalue weighted by Gasteiger charge is -2.16. The van der Waals surface area contributed by atoms with Gasteiger partial charge in [-0.3, -0.25) is 13.9 Å². The van der Waals surface area contributed by atoms with Gasteiger partial charge in [0.15, 0.2) is 0 Å². The van der Waals surface area contributed by atoms with Crippen LogP contribution in [0.5, 0.6) is 11.5 Å². The molecule has 0 radical (unpaired) electrons. The maximum Gasteiger partial charge on any atom is 0.331 e. The fourth-order valence-corrected chi connectivity index (χ4v) is 3.29. The van der Waals surface area contributed by atoms with Crippen LogP contribution in [0.4, 0.5) is 0 Å². The van der Waals surface area contributed by atoms with Gasteiger partial charge in [0.1, 0.15) is 11.5 Å². The van der Waals surface area contributed by atoms with E-state index >= 15 is 0 Å². The number of aromatic nitrogens is 2. The summed E-state index contributed by atoms with van der Waals surface area (Å²) in [4.78, 5) is 26.0. The van der Waals surface area contributed by atoms with Crippen molar-refractivity contribution in [3.63, 3.8) is 0 Å². The minimum Gasteiger partial charge on any atom is -0.497 e. The molecule has 2 N–H and O–H groups in total. The number of hydrogen-bond acceptors (Lipinski definition) is 5. The van der Waals surface area contributed by atoms with Gasteiger partial charge in [-0.25, -0.2) is 4.79 Å². The summed E-state index contributed by atoms with van der Waals surface area (Å²) in [5.74, 6) is 1.47. The zero-order valence-electron chi connectivity index (χ0n) is 22.0. The maximum absolute atomic E-state index is 13.3. The molecule has 0 bridgehead atoms. The zero-order valence-corrected chi connectivity index (χ0v) is 22.0. The van der Waals surface area contributed by atoms with Gasteiger partial charge in [-0.05, 0) is 54.8 Å². The summed E-state index contributed by atoms with van der Waals surface area (Å²) >= 11 is 0. The number of ether oxygens (including phenoxy) is 2. The van der Waals surface area contributed by atoms with Crippen molar-refractivity contribution < 1.29 is 9.47 Å². The number of rotatable bonds is 9. The topological polar surface area (TPSA) is 88.5 Å². The number of nitrogens with zero attached hydrogens (tertiary/aromatic N) is 2. The molecule has 1 heterocycles. The number of aryl methyl sites for hydroxylation is 1. The van der Waals surface area contributed by atoms with Crippen LogP contribution in [0.2, 0.25) is 0 Å². The SMILES string of the molecule is CC.CCC.COc1ccc(Cn2c(CCCN)cc(=O)n(Cc3ccc(OC)cc3)c2=O)cc1. The van der Waals surface area contributed by atoms with Crippen LogP contribution in [0.25, 0.3) is 0 Å². The summed E-state index contributed by atoms with van der Waals surface area (Å²) in [5, 5.41) is 0. The van der Waals surface area contributed by atoms with E-state index in [9.17, 15) is 9.59 Å². The second kappa shape index (κ2) is 16.3. The van der Waals surface area contributed by atoms with Gasteiger partial charge < -0.3 is 15.2 Å². The molecule has 7 nitrogen and oxygen atoms in total. The van der Waals surface area contributed by atoms with Gasteiger partial charge in [0.2, 0.25) is 0 Å². The van der Waals surface area contributed by atoms with Crippen LogP contribution in [-0.2, 0) is 19.5 Å². The molecule has 0 amide bonds. The highest BCUT2D eigenvalue weighted by atomic mass is 16.5. The average molecular weight is 484 g/mol. The quantitative estimate of drug-likeness (QED) is 0.486. The molecule has 3 rings (SSSR count). The zero-order chi connectivity index (χ0) is 26.2. The van der Waals surface area contributed by atoms with Crippen LogP contribution in [0, 0.1) is 0 Å². The Labute approximate surface area is 209 Å². The lowest BCUT2D eigenvalue weighted by molar-refractivity contribution is 0.414. The molecule has 0 aliphatic carbocycles. The van der Waals surface area contributed by atoms with E-state index in [0.717, 1.165) is 22.6 Å². The number of hydrogen-bond donors (Lipinski definition) is 1. The molecule has 0 aliphatic heterocycles. The van der Waals surface area contributed by atoms with Crippen LogP contribution < -0.4 is 26.5 Å². The molecule has 7 heteroatoms. The Morgan fingerprint density at radius 2 is 1.20 bits per heavy atom. The van der Waals surface area contributed by atoms with Crippen LogP contribution in [0.3, 0.4) is 0 Å². The Morgan fingerprint density at radius 1 is 0.771 bits per heavy atom. The minimum absolute atomic E-state index is 0.196. The Hall–Kier alpha value is -3.32. The largest absolute Gasteiger partial charge is 0.497 e. The second-order valence-electron chi connectivity index (χ2n) is 7.72. The molecule has 3 aromatic rings. The van der Waals surface area contributed by atoms with Gasteiger partial charge in [0.25, 0.3) is 5.56 Å². The van der Waals surface area contributed by atoms with Gasteiger partial charge in [-0.1, -0.05) is 58.4 Å². The van der Waals surface area contributed by atoms with Crippen LogP contribution >= 0.6 is 0 Å². The smallest absolute Gasteiger partial charge is 0.331 e. The molecule has 1 aromatic heterocycles. The van der Waals surface area contributed by atoms with Crippen molar-refractivity contribution in [3.05, 3.63) is 92.3 Å². The highest BCUT2D eigenvalue weighted by molar-refractivity contribution is 5.28. The normalized spacial score (nSPS) is 9.91. The molecule has 192 valence electrons. The molecule has 2 aromatic carbocycles. The van der Waals surface area contributed by atoms with E-state index in [1.165, 1.54) is 11.0 Å². The third-order valence-corrected chi connectivity index (χ3v) is 5.00. The van der Waals surface area contributed by atoms with Gasteiger partial charge in [-0.15, -0.1) is 0 Å². The standard InChI is InChI=1S/C23H27N3O4.C3H8.C2H6/c1-29-20-9-5-17(6-10-20)15-25-19(4-3-13-24)14-22(27)26(23(25)28)16-18-7-11-21(30-2)12-8-18;1-3-2;1-2/h5-12,14H,3-4,13,15-16,24H2,1-2H3;3H2,1-2H3;1-2H3. The summed E-state index contributed by atoms with van der Waals surface area (Å²) in [6.45, 7) is 9.30. The van der Waals surface area contributed by atoms with Crippen molar-refractivity contribution in [1.29, 1.82) is 0 Å². The van der Waals surface area contributed by atoms with Crippen LogP contribution in [-0.4, -0.2) is 29.9 Å². The Balaban J connectivity index is 0.00000114. The Morgan fingerprint density at radius 3 is 1.60 bits per heavy atom. The highest BCUT2D eigenvalue weighted by Crippen LogP contribution is 2.14. The van der Waals surface area contributed by atoms with E-state index in [0.29, 0.717) is 31.6 Å². The van der Waals surface area contributed by atoms with E-state index in [4.69, 9.17) is 15.2 Å². The van der Waals surface area contributed by atoms with Crippen LogP contribution in [0.15, 0.2) is 64.2 Å². The third kappa shape index (κ3) is 9.09. The molecule has 0 spiro atoms. The van der Waals surface area contributed by atoms with E-state index in [1.54, 1.807) is 24.9 Å². The molecular weight excluding hydrogens is 442 g/mol. The van der Waals surface area contributed by atoms with Crippen molar-refractivity contribution in [1.82, 2.24) is 9.13 Å². The fourth-order valence-electron chi connectivity index (χ4n) is 3.29. The van der Waals surface area contributed by atoms with Crippen molar-refractivity contribution in [2.45, 2.75) is 60.0 Å². The summed E-state index contributed by atoms with van der Waals surface area (Å²) in [6, 6.07) is 16.4. The van der Waals surface area contributed by atoms with E-state index in [-0.39, 0.29) is 17.8 Å². The fraction of sp³-hybridized carbons (Fsp3) is 0.429. The Bertz CT molecular complexity index is 1100. The van der Waals surface area contributed by atoms with Gasteiger partial charge in [-0.2, -0.15) is 0 Å². The molecule has 0 fully saturated rings. The molecule has 0 saturated carbocycles. The first-order valence-corrected chi connectivity index (χ1v) is 12.3. The summed E-state index contributed by atoms with van der Waals surface area (Å²) in [6.07, 6.45) is 2.52. The summed E-state index contributed by atoms with van der Waals surface area (Å²) in [7, 11) is 3.21. The number of nitrogens with two attached hydrogens (primary N) is 1. The first-order valence-electron chi connectivity index (χ1n) is 12.3. The number of benzene rings is 2. The average Bonchev–Trinajstić information content (AvgIpc) is 2.89. The second-order valence-corrected chi connectivity index (χ2v) is 7.72. The lowest BCUT2D eigenvalue weighted by Crippen LogP contribution is -2.41. The molecule has 0 aliphatic rings. The third-order valence-electron chi connectivity index (χ3n) is 5.00. The first-order chi connectivity index (χ1) is 17.0. The van der Waals surface area contributed by atoms with Gasteiger partial charge >= 0.3 is 5.69 Å². The molecule has 0 saturated heterocycles. The van der Waals surface area contributed by atoms with E-state index in [1.807, 2.05) is 62.4 Å². The highest BCUT2D eigenvalue weighted by Gasteiger charge is 2.13. The summed E-state index contributed by atoms with van der Waals surface area (Å²) < 4.78 is 13.3. The Kier molecular flexibility index (Phi) is 13.9. The van der Waals surface area contributed by atoms with Crippen molar-refractivity contribution in [2.24, 2.45) is 5.73 Å². The van der Waals surface area contributed by atoms with Crippen molar-refractivity contribution in [3.8, 4) is 11.5 Å². The molecule has 0 atom stereocenters. The van der Waals surface area contributed by atoms with Gasteiger partial charge in [0.05, 0.1) is 27.3 Å². The lowest BCUT2D eigenvalue weighted by atomic mass is 10.1. The predicted octanol–water partition coefficient (Wildman–Crippen LogP) is 4.46. The first kappa shape index (κ1) is 29.7. The van der Waals surface area contributed by atoms with Crippen molar-refractivity contribution in [2.75, 3.05) is 20.8 Å². The summed E-state index contributed by atoms with van der Waals surface area (Å²) in [5.41, 5.74) is 7.49. The molecule has 0 unspecified atom stereocenters.